The zero-order valence-corrected chi connectivity index (χ0v) is 25.1. The first kappa shape index (κ1) is 30.3. The molecule has 2 fully saturated rings. The predicted molar refractivity (Wildman–Crippen MR) is 152 cm³/mol. The van der Waals surface area contributed by atoms with Gasteiger partial charge in [0.15, 0.2) is 5.75 Å². The average molecular weight is 597 g/mol. The van der Waals surface area contributed by atoms with E-state index in [0.29, 0.717) is 17.8 Å². The van der Waals surface area contributed by atoms with Gasteiger partial charge in [-0.15, -0.1) is 0 Å². The van der Waals surface area contributed by atoms with Gasteiger partial charge < -0.3 is 38.1 Å². The molecule has 1 amide bonds. The van der Waals surface area contributed by atoms with E-state index in [4.69, 9.17) is 28.4 Å². The molecule has 0 aromatic heterocycles. The van der Waals surface area contributed by atoms with Gasteiger partial charge in [-0.2, -0.15) is 0 Å². The van der Waals surface area contributed by atoms with Crippen molar-refractivity contribution in [3.8, 4) is 11.5 Å². The predicted octanol–water partition coefficient (Wildman–Crippen LogP) is 3.22. The Morgan fingerprint density at radius 3 is 2.44 bits per heavy atom. The SMILES string of the molecule is COCOC[C@@]1(C=O)c2c(OCc3ccccc3)cc(C(=O)OC)c(OC(C)=O)c2N2C[C@H]3[C@@H](C21)N3C(=O)OC(C)(C)C. The number of esters is 2. The van der Waals surface area contributed by atoms with Crippen LogP contribution < -0.4 is 14.4 Å². The van der Waals surface area contributed by atoms with Crippen molar-refractivity contribution in [1.29, 1.82) is 0 Å². The van der Waals surface area contributed by atoms with Gasteiger partial charge in [0.1, 0.15) is 42.0 Å². The van der Waals surface area contributed by atoms with Crippen molar-refractivity contribution in [2.45, 2.75) is 63.4 Å². The van der Waals surface area contributed by atoms with Crippen molar-refractivity contribution in [3.05, 3.63) is 53.1 Å². The van der Waals surface area contributed by atoms with Gasteiger partial charge in [0.2, 0.25) is 0 Å². The molecule has 4 atom stereocenters. The zero-order valence-electron chi connectivity index (χ0n) is 25.1. The number of aldehydes is 1. The van der Waals surface area contributed by atoms with Gasteiger partial charge in [0.05, 0.1) is 37.5 Å². The molecule has 3 aliphatic rings. The summed E-state index contributed by atoms with van der Waals surface area (Å²) in [5.41, 5.74) is -0.578. The summed E-state index contributed by atoms with van der Waals surface area (Å²) in [6, 6.07) is 9.47. The van der Waals surface area contributed by atoms with Crippen molar-refractivity contribution >= 4 is 30.0 Å². The summed E-state index contributed by atoms with van der Waals surface area (Å²) in [7, 11) is 2.69. The number of piperazine rings is 1. The average Bonchev–Trinajstić information content (AvgIpc) is 3.41. The third kappa shape index (κ3) is 5.40. The molecule has 0 radical (unpaired) electrons. The zero-order chi connectivity index (χ0) is 31.1. The van der Waals surface area contributed by atoms with Crippen molar-refractivity contribution in [2.24, 2.45) is 0 Å². The van der Waals surface area contributed by atoms with E-state index in [2.05, 4.69) is 0 Å². The second-order valence-corrected chi connectivity index (χ2v) is 11.8. The Bertz CT molecular complexity index is 1420. The number of rotatable bonds is 10. The molecular weight excluding hydrogens is 560 g/mol. The Morgan fingerprint density at radius 1 is 1.12 bits per heavy atom. The highest BCUT2D eigenvalue weighted by molar-refractivity contribution is 6.01. The minimum Gasteiger partial charge on any atom is -0.488 e. The van der Waals surface area contributed by atoms with E-state index >= 15 is 0 Å². The third-order valence-electron chi connectivity index (χ3n) is 7.77. The molecule has 12 nitrogen and oxygen atoms in total. The molecule has 0 N–H and O–H groups in total. The van der Waals surface area contributed by atoms with E-state index in [1.165, 1.54) is 27.2 Å². The van der Waals surface area contributed by atoms with Crippen LogP contribution in [0, 0.1) is 0 Å². The summed E-state index contributed by atoms with van der Waals surface area (Å²) in [6.45, 7) is 6.75. The molecule has 12 heteroatoms. The lowest BCUT2D eigenvalue weighted by Gasteiger charge is -2.34. The number of hydrogen-bond donors (Lipinski definition) is 0. The van der Waals surface area contributed by atoms with Crippen LogP contribution in [-0.2, 0) is 40.6 Å². The molecule has 2 aromatic carbocycles. The molecule has 2 saturated heterocycles. The first-order valence-corrected chi connectivity index (χ1v) is 13.9. The van der Waals surface area contributed by atoms with Crippen LogP contribution in [0.25, 0.3) is 0 Å². The molecule has 43 heavy (non-hydrogen) atoms. The fraction of sp³-hybridized carbons (Fsp3) is 0.484. The molecule has 0 spiro atoms. The lowest BCUT2D eigenvalue weighted by molar-refractivity contribution is -0.131. The topological polar surface area (TPSA) is 130 Å². The number of carbonyl (C=O) groups is 4. The van der Waals surface area contributed by atoms with E-state index in [9.17, 15) is 19.2 Å². The van der Waals surface area contributed by atoms with Crippen LogP contribution in [-0.4, -0.2) is 87.1 Å². The highest BCUT2D eigenvalue weighted by atomic mass is 16.7. The second kappa shape index (κ2) is 11.5. The highest BCUT2D eigenvalue weighted by Crippen LogP contribution is 2.62. The smallest absolute Gasteiger partial charge is 0.411 e. The van der Waals surface area contributed by atoms with Crippen molar-refractivity contribution in [1.82, 2.24) is 4.90 Å². The highest BCUT2D eigenvalue weighted by Gasteiger charge is 2.73. The van der Waals surface area contributed by atoms with Crippen LogP contribution in [0.4, 0.5) is 10.5 Å². The second-order valence-electron chi connectivity index (χ2n) is 11.8. The molecule has 3 heterocycles. The third-order valence-corrected chi connectivity index (χ3v) is 7.77. The quantitative estimate of drug-likeness (QED) is 0.100. The molecular formula is C31H36N2O10. The fourth-order valence-corrected chi connectivity index (χ4v) is 6.21. The lowest BCUT2D eigenvalue weighted by Crippen LogP contribution is -2.52. The number of amides is 1. The standard InChI is InChI=1S/C31H36N2O10/c1-18(35)42-26-20(28(36)39-6)12-22(41-14-19-10-8-7-9-11-19)23-25(26)32-13-21-24(33(21)29(37)43-30(2,3)4)27(32)31(23,15-34)16-40-17-38-5/h7-12,15,21,24,27H,13-14,16-17H2,1-6H3/t21-,24-,27?,31-,33?/m0/s1. The van der Waals surface area contributed by atoms with Gasteiger partial charge in [-0.1, -0.05) is 30.3 Å². The summed E-state index contributed by atoms with van der Waals surface area (Å²) in [4.78, 5) is 55.5. The monoisotopic (exact) mass is 596 g/mol. The maximum absolute atomic E-state index is 13.4. The molecule has 2 aromatic rings. The Hall–Kier alpha value is -4.16. The Balaban J connectivity index is 1.69. The number of anilines is 1. The van der Waals surface area contributed by atoms with E-state index in [1.54, 1.807) is 25.7 Å². The van der Waals surface area contributed by atoms with Crippen molar-refractivity contribution < 1.29 is 47.6 Å². The van der Waals surface area contributed by atoms with E-state index in [0.717, 1.165) is 11.8 Å². The Kier molecular flexibility index (Phi) is 8.10. The van der Waals surface area contributed by atoms with Crippen molar-refractivity contribution in [2.75, 3.05) is 39.1 Å². The van der Waals surface area contributed by atoms with Crippen LogP contribution in [0.2, 0.25) is 0 Å². The minimum absolute atomic E-state index is 0.0395. The fourth-order valence-electron chi connectivity index (χ4n) is 6.21. The van der Waals surface area contributed by atoms with Gasteiger partial charge >= 0.3 is 18.0 Å². The van der Waals surface area contributed by atoms with Gasteiger partial charge in [-0.25, -0.2) is 9.59 Å². The van der Waals surface area contributed by atoms with Crippen LogP contribution in [0.5, 0.6) is 11.5 Å². The molecule has 0 saturated carbocycles. The summed E-state index contributed by atoms with van der Waals surface area (Å²) in [5.74, 6) is -1.24. The Morgan fingerprint density at radius 2 is 1.84 bits per heavy atom. The minimum atomic E-state index is -1.40. The van der Waals surface area contributed by atoms with E-state index in [1.807, 2.05) is 35.2 Å². The number of carbonyl (C=O) groups excluding carboxylic acids is 4. The number of benzene rings is 2. The molecule has 5 rings (SSSR count). The van der Waals surface area contributed by atoms with Crippen LogP contribution in [0.3, 0.4) is 0 Å². The van der Waals surface area contributed by atoms with Gasteiger partial charge in [-0.3, -0.25) is 9.69 Å². The first-order valence-electron chi connectivity index (χ1n) is 13.9. The maximum atomic E-state index is 13.4. The molecule has 230 valence electrons. The van der Waals surface area contributed by atoms with Crippen molar-refractivity contribution in [3.63, 3.8) is 0 Å². The number of hydrogen-bond acceptors (Lipinski definition) is 11. The normalized spacial score (nSPS) is 23.2. The van der Waals surface area contributed by atoms with Gasteiger partial charge in [-0.05, 0) is 32.4 Å². The Labute approximate surface area is 249 Å². The van der Waals surface area contributed by atoms with Crippen LogP contribution in [0.15, 0.2) is 36.4 Å². The first-order chi connectivity index (χ1) is 20.5. The lowest BCUT2D eigenvalue weighted by atomic mass is 9.76. The van der Waals surface area contributed by atoms with E-state index < -0.39 is 41.1 Å². The molecule has 0 bridgehead atoms. The summed E-state index contributed by atoms with van der Waals surface area (Å²) < 4.78 is 33.6. The summed E-state index contributed by atoms with van der Waals surface area (Å²) in [5, 5.41) is 0. The number of fused-ring (bicyclic) bond motifs is 5. The van der Waals surface area contributed by atoms with Gasteiger partial charge in [0.25, 0.3) is 0 Å². The molecule has 3 aliphatic heterocycles. The molecule has 1 unspecified atom stereocenters. The molecule has 0 aliphatic carbocycles. The summed E-state index contributed by atoms with van der Waals surface area (Å²) in [6.07, 6.45) is 0.289. The summed E-state index contributed by atoms with van der Waals surface area (Å²) >= 11 is 0. The van der Waals surface area contributed by atoms with Crippen LogP contribution in [0.1, 0.15) is 49.2 Å². The van der Waals surface area contributed by atoms with Crippen LogP contribution >= 0.6 is 0 Å². The number of ether oxygens (including phenoxy) is 6. The van der Waals surface area contributed by atoms with E-state index in [-0.39, 0.29) is 43.1 Å². The van der Waals surface area contributed by atoms with Gasteiger partial charge in [0, 0.05) is 26.1 Å². The number of methoxy groups -OCH3 is 2. The number of nitrogens with zero attached hydrogens (tertiary/aromatic N) is 2. The maximum Gasteiger partial charge on any atom is 0.411 e. The largest absolute Gasteiger partial charge is 0.488 e.